The summed E-state index contributed by atoms with van der Waals surface area (Å²) in [5.74, 6) is 0.997. The smallest absolute Gasteiger partial charge is 0.264 e. The quantitative estimate of drug-likeness (QED) is 0.875. The monoisotopic (exact) mass is 350 g/mol. The van der Waals surface area contributed by atoms with Crippen LogP contribution < -0.4 is 10.0 Å². The Morgan fingerprint density at radius 3 is 2.54 bits per heavy atom. The van der Waals surface area contributed by atoms with E-state index in [0.717, 1.165) is 5.56 Å². The van der Waals surface area contributed by atoms with Crippen molar-refractivity contribution in [2.75, 3.05) is 13.3 Å². The summed E-state index contributed by atoms with van der Waals surface area (Å²) in [6.07, 6.45) is 5.03. The molecule has 0 radical (unpaired) electrons. The van der Waals surface area contributed by atoms with Gasteiger partial charge >= 0.3 is 0 Å². The molecule has 1 fully saturated rings. The molecule has 2 N–H and O–H groups in total. The highest BCUT2D eigenvalue weighted by Gasteiger charge is 2.29. The largest absolute Gasteiger partial charge is 0.343 e. The number of rotatable bonds is 3. The van der Waals surface area contributed by atoms with Gasteiger partial charge in [-0.2, -0.15) is 0 Å². The molecule has 24 heavy (non-hydrogen) atoms. The molecule has 1 heterocycles. The maximum atomic E-state index is 12.4. The van der Waals surface area contributed by atoms with Crippen LogP contribution in [-0.4, -0.2) is 38.7 Å². The van der Waals surface area contributed by atoms with E-state index >= 15 is 0 Å². The van der Waals surface area contributed by atoms with Gasteiger partial charge in [0.25, 0.3) is 10.0 Å². The number of nitrogens with zero attached hydrogens (tertiary/aromatic N) is 2. The zero-order valence-corrected chi connectivity index (χ0v) is 15.1. The zero-order valence-electron chi connectivity index (χ0n) is 14.3. The maximum absolute atomic E-state index is 12.4. The summed E-state index contributed by atoms with van der Waals surface area (Å²) >= 11 is 0. The van der Waals surface area contributed by atoms with Crippen molar-refractivity contribution < 1.29 is 8.42 Å². The Morgan fingerprint density at radius 1 is 1.21 bits per heavy atom. The van der Waals surface area contributed by atoms with Crippen LogP contribution >= 0.6 is 0 Å². The summed E-state index contributed by atoms with van der Waals surface area (Å²) in [4.78, 5) is 6.94. The fourth-order valence-electron chi connectivity index (χ4n) is 3.48. The normalized spacial score (nSPS) is 25.7. The number of hydrogen-bond donors (Lipinski definition) is 2. The predicted molar refractivity (Wildman–Crippen MR) is 95.1 cm³/mol. The minimum absolute atomic E-state index is 0.251. The fraction of sp³-hybridized carbons (Fsp3) is 0.588. The first-order chi connectivity index (χ1) is 11.5. The molecule has 0 spiro atoms. The molecule has 2 unspecified atom stereocenters. The van der Waals surface area contributed by atoms with Crippen LogP contribution in [0.5, 0.6) is 0 Å². The average Bonchev–Trinajstić information content (AvgIpc) is 2.56. The number of guanidine groups is 1. The van der Waals surface area contributed by atoms with Gasteiger partial charge in [0.2, 0.25) is 5.96 Å². The number of hydrogen-bond acceptors (Lipinski definition) is 5. The Hall–Kier alpha value is -1.60. The van der Waals surface area contributed by atoms with Crippen LogP contribution in [0.15, 0.2) is 34.2 Å². The van der Waals surface area contributed by atoms with E-state index in [1.165, 1.54) is 25.7 Å². The van der Waals surface area contributed by atoms with Crippen molar-refractivity contribution in [3.63, 3.8) is 0 Å². The van der Waals surface area contributed by atoms with Gasteiger partial charge in [0.1, 0.15) is 0 Å². The standard InChI is InChI=1S/C17H26N4O2S/c1-13-7-9-15(10-8-13)24(22,23)20-17-18-11-21(12-19-17)16-6-4-3-5-14(16)2/h7-10,14,16H,3-6,11-12H2,1-2H3,(H2,18,19,20). The van der Waals surface area contributed by atoms with E-state index < -0.39 is 10.0 Å². The third-order valence-electron chi connectivity index (χ3n) is 4.96. The molecule has 132 valence electrons. The highest BCUT2D eigenvalue weighted by molar-refractivity contribution is 7.90. The third kappa shape index (κ3) is 3.89. The number of aryl methyl sites for hydroxylation is 1. The molecule has 1 aromatic rings. The van der Waals surface area contributed by atoms with Crippen LogP contribution in [0.3, 0.4) is 0 Å². The molecule has 1 aliphatic heterocycles. The first-order valence-corrected chi connectivity index (χ1v) is 10.1. The molecule has 1 aliphatic carbocycles. The van der Waals surface area contributed by atoms with Gasteiger partial charge in [-0.25, -0.2) is 18.1 Å². The zero-order chi connectivity index (χ0) is 17.2. The first kappa shape index (κ1) is 17.2. The van der Waals surface area contributed by atoms with E-state index in [2.05, 4.69) is 26.9 Å². The van der Waals surface area contributed by atoms with Crippen molar-refractivity contribution in [2.24, 2.45) is 10.9 Å². The molecule has 3 rings (SSSR count). The van der Waals surface area contributed by atoms with Crippen LogP contribution in [0.1, 0.15) is 38.2 Å². The van der Waals surface area contributed by atoms with Gasteiger partial charge in [0.05, 0.1) is 18.2 Å². The van der Waals surface area contributed by atoms with Crippen molar-refractivity contribution in [3.8, 4) is 0 Å². The van der Waals surface area contributed by atoms with Crippen molar-refractivity contribution in [3.05, 3.63) is 29.8 Å². The van der Waals surface area contributed by atoms with E-state index in [0.29, 0.717) is 31.3 Å². The molecule has 7 heteroatoms. The van der Waals surface area contributed by atoms with Gasteiger partial charge in [0.15, 0.2) is 0 Å². The molecule has 0 aromatic heterocycles. The predicted octanol–water partition coefficient (Wildman–Crippen LogP) is 2.03. The van der Waals surface area contributed by atoms with Crippen LogP contribution in [0.4, 0.5) is 0 Å². The molecule has 2 aliphatic rings. The summed E-state index contributed by atoms with van der Waals surface area (Å²) in [6, 6.07) is 7.33. The second kappa shape index (κ2) is 7.11. The van der Waals surface area contributed by atoms with Gasteiger partial charge in [-0.1, -0.05) is 37.5 Å². The van der Waals surface area contributed by atoms with E-state index in [-0.39, 0.29) is 4.90 Å². The lowest BCUT2D eigenvalue weighted by atomic mass is 9.85. The molecule has 6 nitrogen and oxygen atoms in total. The third-order valence-corrected chi connectivity index (χ3v) is 6.31. The van der Waals surface area contributed by atoms with Crippen LogP contribution in [0.2, 0.25) is 0 Å². The molecule has 0 amide bonds. The molecule has 2 atom stereocenters. The SMILES string of the molecule is Cc1ccc(S(=O)(=O)NC2=NCN(C3CCCCC3C)CN2)cc1. The molecule has 1 aromatic carbocycles. The van der Waals surface area contributed by atoms with E-state index in [1.54, 1.807) is 24.3 Å². The Balaban J connectivity index is 1.63. The molecule has 0 saturated heterocycles. The lowest BCUT2D eigenvalue weighted by molar-refractivity contribution is 0.106. The van der Waals surface area contributed by atoms with Crippen molar-refractivity contribution in [2.45, 2.75) is 50.5 Å². The summed E-state index contributed by atoms with van der Waals surface area (Å²) in [5.41, 5.74) is 1.03. The molecule has 0 bridgehead atoms. The second-order valence-corrected chi connectivity index (χ2v) is 8.50. The van der Waals surface area contributed by atoms with Gasteiger partial charge < -0.3 is 5.32 Å². The van der Waals surface area contributed by atoms with E-state index in [4.69, 9.17) is 0 Å². The number of aliphatic imine (C=N–C) groups is 1. The number of sulfonamides is 1. The van der Waals surface area contributed by atoms with Crippen molar-refractivity contribution in [1.82, 2.24) is 14.9 Å². The highest BCUT2D eigenvalue weighted by atomic mass is 32.2. The second-order valence-electron chi connectivity index (χ2n) is 6.82. The van der Waals surface area contributed by atoms with E-state index in [1.807, 2.05) is 6.92 Å². The Bertz CT molecular complexity index is 700. The van der Waals surface area contributed by atoms with Crippen molar-refractivity contribution in [1.29, 1.82) is 0 Å². The lowest BCUT2D eigenvalue weighted by Gasteiger charge is -2.39. The Labute approximate surface area is 144 Å². The molecule has 1 saturated carbocycles. The van der Waals surface area contributed by atoms with Crippen LogP contribution in [0.25, 0.3) is 0 Å². The maximum Gasteiger partial charge on any atom is 0.264 e. The first-order valence-electron chi connectivity index (χ1n) is 8.57. The molecular formula is C17H26N4O2S. The average molecular weight is 350 g/mol. The van der Waals surface area contributed by atoms with Crippen molar-refractivity contribution >= 4 is 16.0 Å². The van der Waals surface area contributed by atoms with Gasteiger partial charge in [-0.3, -0.25) is 4.90 Å². The Kier molecular flexibility index (Phi) is 5.10. The van der Waals surface area contributed by atoms with Crippen LogP contribution in [-0.2, 0) is 10.0 Å². The summed E-state index contributed by atoms with van der Waals surface area (Å²) in [5, 5.41) is 3.11. The fourth-order valence-corrected chi connectivity index (χ4v) is 4.48. The van der Waals surface area contributed by atoms with Crippen LogP contribution in [0, 0.1) is 12.8 Å². The lowest BCUT2D eigenvalue weighted by Crippen LogP contribution is -2.54. The Morgan fingerprint density at radius 2 is 1.92 bits per heavy atom. The minimum atomic E-state index is -3.59. The van der Waals surface area contributed by atoms with Gasteiger partial charge in [-0.15, -0.1) is 0 Å². The van der Waals surface area contributed by atoms with Gasteiger partial charge in [-0.05, 0) is 37.8 Å². The van der Waals surface area contributed by atoms with Gasteiger partial charge in [0, 0.05) is 6.04 Å². The summed E-state index contributed by atoms with van der Waals surface area (Å²) < 4.78 is 27.4. The summed E-state index contributed by atoms with van der Waals surface area (Å²) in [6.45, 7) is 5.39. The minimum Gasteiger partial charge on any atom is -0.343 e. The topological polar surface area (TPSA) is 73.8 Å². The number of benzene rings is 1. The highest BCUT2D eigenvalue weighted by Crippen LogP contribution is 2.28. The van der Waals surface area contributed by atoms with E-state index in [9.17, 15) is 8.42 Å². The molecular weight excluding hydrogens is 324 g/mol. The summed E-state index contributed by atoms with van der Waals surface area (Å²) in [7, 11) is -3.59. The number of nitrogens with one attached hydrogen (secondary N) is 2.